The van der Waals surface area contributed by atoms with Crippen LogP contribution < -0.4 is 5.32 Å². The number of halogens is 1. The monoisotopic (exact) mass is 293 g/mol. The first-order valence-corrected chi connectivity index (χ1v) is 7.84. The minimum absolute atomic E-state index is 0.361. The average Bonchev–Trinajstić information content (AvgIpc) is 2.74. The molecular formula is C16H20ClNS. The molecular weight excluding hydrogens is 274 g/mol. The van der Waals surface area contributed by atoms with Gasteiger partial charge in [0.15, 0.2) is 0 Å². The van der Waals surface area contributed by atoms with Gasteiger partial charge in [-0.3, -0.25) is 0 Å². The summed E-state index contributed by atoms with van der Waals surface area (Å²) in [4.78, 5) is 1.33. The van der Waals surface area contributed by atoms with E-state index in [2.05, 4.69) is 50.4 Å². The Hall–Kier alpha value is -0.830. The lowest BCUT2D eigenvalue weighted by Crippen LogP contribution is -2.23. The molecule has 1 aromatic carbocycles. The van der Waals surface area contributed by atoms with Crippen molar-refractivity contribution < 1.29 is 0 Å². The van der Waals surface area contributed by atoms with Crippen molar-refractivity contribution in [1.29, 1.82) is 0 Å². The van der Waals surface area contributed by atoms with E-state index in [4.69, 9.17) is 11.6 Å². The van der Waals surface area contributed by atoms with Gasteiger partial charge in [-0.2, -0.15) is 0 Å². The van der Waals surface area contributed by atoms with Gasteiger partial charge in [0, 0.05) is 17.3 Å². The predicted octanol–water partition coefficient (Wildman–Crippen LogP) is 4.91. The van der Waals surface area contributed by atoms with Crippen LogP contribution in [0.1, 0.15) is 34.5 Å². The van der Waals surface area contributed by atoms with E-state index in [9.17, 15) is 0 Å². The van der Waals surface area contributed by atoms with E-state index in [-0.39, 0.29) is 0 Å². The van der Waals surface area contributed by atoms with E-state index >= 15 is 0 Å². The summed E-state index contributed by atoms with van der Waals surface area (Å²) >= 11 is 7.69. The Morgan fingerprint density at radius 2 is 2.00 bits per heavy atom. The molecule has 0 spiro atoms. The van der Waals surface area contributed by atoms with Gasteiger partial charge in [-0.25, -0.2) is 0 Å². The van der Waals surface area contributed by atoms with Gasteiger partial charge < -0.3 is 5.32 Å². The smallest absolute Gasteiger partial charge is 0.0931 e. The maximum atomic E-state index is 6.02. The van der Waals surface area contributed by atoms with Crippen LogP contribution in [0, 0.1) is 13.8 Å². The lowest BCUT2D eigenvalue weighted by Gasteiger charge is -2.20. The van der Waals surface area contributed by atoms with Crippen LogP contribution in [-0.2, 0) is 6.42 Å². The molecule has 0 fully saturated rings. The van der Waals surface area contributed by atoms with Crippen molar-refractivity contribution in [3.05, 3.63) is 56.2 Å². The highest BCUT2D eigenvalue weighted by atomic mass is 35.5. The van der Waals surface area contributed by atoms with E-state index in [1.54, 1.807) is 11.3 Å². The molecule has 0 aliphatic heterocycles. The second-order valence-electron chi connectivity index (χ2n) is 4.88. The van der Waals surface area contributed by atoms with Crippen molar-refractivity contribution in [2.24, 2.45) is 0 Å². The number of nitrogens with one attached hydrogen (secondary N) is 1. The van der Waals surface area contributed by atoms with Gasteiger partial charge in [0.25, 0.3) is 0 Å². The van der Waals surface area contributed by atoms with Crippen molar-refractivity contribution in [3.8, 4) is 0 Å². The predicted molar refractivity (Wildman–Crippen MR) is 85.4 cm³/mol. The zero-order valence-corrected chi connectivity index (χ0v) is 13.2. The maximum Gasteiger partial charge on any atom is 0.0931 e. The summed E-state index contributed by atoms with van der Waals surface area (Å²) in [7, 11) is 0. The fourth-order valence-corrected chi connectivity index (χ4v) is 3.55. The SMILES string of the molecule is CCNC(Cc1ccc(Cl)s1)c1ccc(C)cc1C. The fraction of sp³-hybridized carbons (Fsp3) is 0.375. The summed E-state index contributed by atoms with van der Waals surface area (Å²) in [5.74, 6) is 0. The third-order valence-corrected chi connectivity index (χ3v) is 4.54. The molecule has 0 amide bonds. The number of benzene rings is 1. The first-order chi connectivity index (χ1) is 9.10. The minimum Gasteiger partial charge on any atom is -0.310 e. The van der Waals surface area contributed by atoms with Crippen molar-refractivity contribution in [2.75, 3.05) is 6.54 Å². The van der Waals surface area contributed by atoms with E-state index in [1.807, 2.05) is 6.07 Å². The summed E-state index contributed by atoms with van der Waals surface area (Å²) in [5, 5.41) is 3.58. The number of aryl methyl sites for hydroxylation is 2. The molecule has 0 aliphatic carbocycles. The van der Waals surface area contributed by atoms with Gasteiger partial charge in [0.05, 0.1) is 4.34 Å². The molecule has 0 saturated heterocycles. The largest absolute Gasteiger partial charge is 0.310 e. The van der Waals surface area contributed by atoms with Crippen molar-refractivity contribution in [1.82, 2.24) is 5.32 Å². The zero-order chi connectivity index (χ0) is 13.8. The van der Waals surface area contributed by atoms with Crippen LogP contribution in [-0.4, -0.2) is 6.54 Å². The summed E-state index contributed by atoms with van der Waals surface area (Å²) in [6.07, 6.45) is 0.995. The molecule has 0 bridgehead atoms. The van der Waals surface area contributed by atoms with Gasteiger partial charge in [-0.05, 0) is 43.7 Å². The number of hydrogen-bond donors (Lipinski definition) is 1. The van der Waals surface area contributed by atoms with Crippen LogP contribution in [0.3, 0.4) is 0 Å². The lowest BCUT2D eigenvalue weighted by atomic mass is 9.96. The minimum atomic E-state index is 0.361. The Bertz CT molecular complexity index is 547. The van der Waals surface area contributed by atoms with Crippen LogP contribution in [0.4, 0.5) is 0 Å². The first-order valence-electron chi connectivity index (χ1n) is 6.65. The quantitative estimate of drug-likeness (QED) is 0.826. The highest BCUT2D eigenvalue weighted by Crippen LogP contribution is 2.28. The van der Waals surface area contributed by atoms with Gasteiger partial charge >= 0.3 is 0 Å². The molecule has 1 nitrogen and oxygen atoms in total. The Kier molecular flexibility index (Phi) is 5.03. The Morgan fingerprint density at radius 3 is 2.58 bits per heavy atom. The molecule has 1 N–H and O–H groups in total. The summed E-state index contributed by atoms with van der Waals surface area (Å²) < 4.78 is 0.867. The Labute approximate surface area is 124 Å². The summed E-state index contributed by atoms with van der Waals surface area (Å²) in [5.41, 5.74) is 4.06. The third kappa shape index (κ3) is 3.82. The lowest BCUT2D eigenvalue weighted by molar-refractivity contribution is 0.551. The molecule has 1 heterocycles. The van der Waals surface area contributed by atoms with E-state index in [0.29, 0.717) is 6.04 Å². The molecule has 2 rings (SSSR count). The number of likely N-dealkylation sites (N-methyl/N-ethyl adjacent to an activating group) is 1. The van der Waals surface area contributed by atoms with Gasteiger partial charge in [0.1, 0.15) is 0 Å². The van der Waals surface area contributed by atoms with E-state index in [1.165, 1.54) is 21.6 Å². The highest BCUT2D eigenvalue weighted by molar-refractivity contribution is 7.16. The molecule has 102 valence electrons. The van der Waals surface area contributed by atoms with E-state index in [0.717, 1.165) is 17.3 Å². The molecule has 0 radical (unpaired) electrons. The normalized spacial score (nSPS) is 12.6. The molecule has 0 aliphatic rings. The zero-order valence-electron chi connectivity index (χ0n) is 11.7. The van der Waals surface area contributed by atoms with Gasteiger partial charge in [0.2, 0.25) is 0 Å². The van der Waals surface area contributed by atoms with Crippen LogP contribution in [0.15, 0.2) is 30.3 Å². The standard InChI is InChI=1S/C16H20ClNS/c1-4-18-15(10-13-6-8-16(17)19-13)14-7-5-11(2)9-12(14)3/h5-9,15,18H,4,10H2,1-3H3. The van der Waals surface area contributed by atoms with Crippen molar-refractivity contribution in [3.63, 3.8) is 0 Å². The third-order valence-electron chi connectivity index (χ3n) is 3.29. The van der Waals surface area contributed by atoms with Crippen LogP contribution >= 0.6 is 22.9 Å². The molecule has 1 aromatic heterocycles. The van der Waals surface area contributed by atoms with Crippen molar-refractivity contribution in [2.45, 2.75) is 33.2 Å². The van der Waals surface area contributed by atoms with Crippen LogP contribution in [0.5, 0.6) is 0 Å². The number of thiophene rings is 1. The molecule has 1 unspecified atom stereocenters. The number of hydrogen-bond acceptors (Lipinski definition) is 2. The van der Waals surface area contributed by atoms with Crippen molar-refractivity contribution >= 4 is 22.9 Å². The molecule has 0 saturated carbocycles. The molecule has 2 aromatic rings. The second-order valence-corrected chi connectivity index (χ2v) is 6.68. The summed E-state index contributed by atoms with van der Waals surface area (Å²) in [6, 6.07) is 11.1. The Morgan fingerprint density at radius 1 is 1.21 bits per heavy atom. The molecule has 1 atom stereocenters. The van der Waals surface area contributed by atoms with Gasteiger partial charge in [-0.1, -0.05) is 42.3 Å². The fourth-order valence-electron chi connectivity index (χ4n) is 2.42. The molecule has 19 heavy (non-hydrogen) atoms. The van der Waals surface area contributed by atoms with Crippen LogP contribution in [0.2, 0.25) is 4.34 Å². The maximum absolute atomic E-state index is 6.02. The molecule has 3 heteroatoms. The van der Waals surface area contributed by atoms with Crippen LogP contribution in [0.25, 0.3) is 0 Å². The van der Waals surface area contributed by atoms with E-state index < -0.39 is 0 Å². The highest BCUT2D eigenvalue weighted by Gasteiger charge is 2.14. The average molecular weight is 294 g/mol. The Balaban J connectivity index is 2.23. The topological polar surface area (TPSA) is 12.0 Å². The van der Waals surface area contributed by atoms with Gasteiger partial charge in [-0.15, -0.1) is 11.3 Å². The second kappa shape index (κ2) is 6.56. The first kappa shape index (κ1) is 14.6. The number of rotatable bonds is 5. The summed E-state index contributed by atoms with van der Waals surface area (Å²) in [6.45, 7) is 7.45.